The molecule has 0 spiro atoms. The maximum atomic E-state index is 13.4. The molecule has 1 heterocycles. The van der Waals surface area contributed by atoms with E-state index in [1.807, 2.05) is 0 Å². The molecule has 2 unspecified atom stereocenters. The molecule has 1 amide bonds. The van der Waals surface area contributed by atoms with Crippen LogP contribution in [0.2, 0.25) is 0 Å². The summed E-state index contributed by atoms with van der Waals surface area (Å²) >= 11 is 0. The van der Waals surface area contributed by atoms with Crippen LogP contribution in [-0.2, 0) is 4.79 Å². The number of halogens is 5. The van der Waals surface area contributed by atoms with Gasteiger partial charge in [-0.3, -0.25) is 4.79 Å². The molecule has 0 bridgehead atoms. The van der Waals surface area contributed by atoms with E-state index in [1.54, 1.807) is 12.2 Å². The zero-order valence-corrected chi connectivity index (χ0v) is 10.4. The predicted molar refractivity (Wildman–Crippen MR) is 60.4 cm³/mol. The Morgan fingerprint density at radius 2 is 1.55 bits per heavy atom. The Morgan fingerprint density at radius 1 is 1.05 bits per heavy atom. The number of carbonyl (C=O) groups excluding carboxylic acids is 1. The topological polar surface area (TPSA) is 41.1 Å². The fourth-order valence-electron chi connectivity index (χ4n) is 2.10. The molecule has 1 aromatic carbocycles. The first-order valence-electron chi connectivity index (χ1n) is 5.90. The van der Waals surface area contributed by atoms with E-state index >= 15 is 0 Å². The standard InChI is InChI=1S/C12H11F5N2O/c1-4-2-3-18-10(4)12(20)19-11-8(16)6(14)5(13)7(15)9(11)17/h4,10,18H,2-3H2,1H3,(H,19,20). The quantitative estimate of drug-likeness (QED) is 0.499. The fraction of sp³-hybridized carbons (Fsp3) is 0.417. The van der Waals surface area contributed by atoms with Crippen LogP contribution < -0.4 is 10.6 Å². The summed E-state index contributed by atoms with van der Waals surface area (Å²) < 4.78 is 65.6. The minimum absolute atomic E-state index is 0.101. The molecular weight excluding hydrogens is 283 g/mol. The number of hydrogen-bond donors (Lipinski definition) is 2. The molecule has 2 atom stereocenters. The lowest BCUT2D eigenvalue weighted by molar-refractivity contribution is -0.118. The van der Waals surface area contributed by atoms with Gasteiger partial charge in [0.2, 0.25) is 11.7 Å². The average Bonchev–Trinajstić information content (AvgIpc) is 2.85. The van der Waals surface area contributed by atoms with Crippen LogP contribution >= 0.6 is 0 Å². The molecule has 1 aromatic rings. The fourth-order valence-corrected chi connectivity index (χ4v) is 2.10. The Morgan fingerprint density at radius 3 is 2.00 bits per heavy atom. The lowest BCUT2D eigenvalue weighted by atomic mass is 10.0. The summed E-state index contributed by atoms with van der Waals surface area (Å²) in [5, 5.41) is 4.55. The van der Waals surface area contributed by atoms with E-state index in [0.717, 1.165) is 0 Å². The Balaban J connectivity index is 2.32. The predicted octanol–water partition coefficient (Wildman–Crippen LogP) is 2.32. The summed E-state index contributed by atoms with van der Waals surface area (Å²) in [5.74, 6) is -11.5. The van der Waals surface area contributed by atoms with E-state index in [2.05, 4.69) is 5.32 Å². The number of rotatable bonds is 2. The van der Waals surface area contributed by atoms with Gasteiger partial charge in [0.1, 0.15) is 5.69 Å². The van der Waals surface area contributed by atoms with Crippen molar-refractivity contribution in [3.8, 4) is 0 Å². The maximum absolute atomic E-state index is 13.4. The molecule has 0 aromatic heterocycles. The highest BCUT2D eigenvalue weighted by Gasteiger charge is 2.32. The summed E-state index contributed by atoms with van der Waals surface area (Å²) in [4.78, 5) is 11.8. The number of anilines is 1. The van der Waals surface area contributed by atoms with Crippen LogP contribution in [0.3, 0.4) is 0 Å². The van der Waals surface area contributed by atoms with Gasteiger partial charge in [0.15, 0.2) is 23.3 Å². The smallest absolute Gasteiger partial charge is 0.241 e. The third-order valence-electron chi connectivity index (χ3n) is 3.27. The van der Waals surface area contributed by atoms with Crippen molar-refractivity contribution in [1.29, 1.82) is 0 Å². The second-order valence-electron chi connectivity index (χ2n) is 4.63. The summed E-state index contributed by atoms with van der Waals surface area (Å²) in [5.41, 5.74) is -1.33. The minimum Gasteiger partial charge on any atom is -0.320 e. The van der Waals surface area contributed by atoms with Crippen LogP contribution in [0.1, 0.15) is 13.3 Å². The number of benzene rings is 1. The van der Waals surface area contributed by atoms with E-state index in [-0.39, 0.29) is 5.92 Å². The normalized spacial score (nSPS) is 22.1. The maximum Gasteiger partial charge on any atom is 0.241 e. The SMILES string of the molecule is CC1CCNC1C(=O)Nc1c(F)c(F)c(F)c(F)c1F. The molecule has 20 heavy (non-hydrogen) atoms. The molecule has 0 aliphatic carbocycles. The van der Waals surface area contributed by atoms with Crippen molar-refractivity contribution in [3.05, 3.63) is 29.1 Å². The van der Waals surface area contributed by atoms with Gasteiger partial charge in [-0.05, 0) is 18.9 Å². The van der Waals surface area contributed by atoms with Gasteiger partial charge in [-0.1, -0.05) is 6.92 Å². The molecule has 3 nitrogen and oxygen atoms in total. The van der Waals surface area contributed by atoms with Gasteiger partial charge in [-0.15, -0.1) is 0 Å². The van der Waals surface area contributed by atoms with Gasteiger partial charge in [-0.2, -0.15) is 0 Å². The van der Waals surface area contributed by atoms with Gasteiger partial charge in [0.05, 0.1) is 6.04 Å². The van der Waals surface area contributed by atoms with E-state index in [1.165, 1.54) is 0 Å². The molecule has 110 valence electrons. The van der Waals surface area contributed by atoms with Crippen molar-refractivity contribution in [3.63, 3.8) is 0 Å². The molecule has 1 aliphatic rings. The van der Waals surface area contributed by atoms with E-state index in [9.17, 15) is 26.7 Å². The summed E-state index contributed by atoms with van der Waals surface area (Å²) in [6.45, 7) is 2.28. The highest BCUT2D eigenvalue weighted by Crippen LogP contribution is 2.27. The van der Waals surface area contributed by atoms with Gasteiger partial charge < -0.3 is 10.6 Å². The lowest BCUT2D eigenvalue weighted by Gasteiger charge is -2.16. The molecule has 1 fully saturated rings. The van der Waals surface area contributed by atoms with Gasteiger partial charge in [0, 0.05) is 0 Å². The second kappa shape index (κ2) is 5.35. The monoisotopic (exact) mass is 294 g/mol. The zero-order valence-electron chi connectivity index (χ0n) is 10.4. The van der Waals surface area contributed by atoms with Gasteiger partial charge in [-0.25, -0.2) is 22.0 Å². The third-order valence-corrected chi connectivity index (χ3v) is 3.27. The van der Waals surface area contributed by atoms with E-state index < -0.39 is 46.7 Å². The first-order valence-corrected chi connectivity index (χ1v) is 5.90. The van der Waals surface area contributed by atoms with Crippen LogP contribution in [0.15, 0.2) is 0 Å². The van der Waals surface area contributed by atoms with Gasteiger partial charge in [0.25, 0.3) is 0 Å². The molecule has 0 saturated carbocycles. The summed E-state index contributed by atoms with van der Waals surface area (Å²) in [6, 6.07) is -0.732. The van der Waals surface area contributed by atoms with Crippen LogP contribution in [-0.4, -0.2) is 18.5 Å². The Kier molecular flexibility index (Phi) is 3.94. The number of amides is 1. The Bertz CT molecular complexity index is 534. The minimum atomic E-state index is -2.26. The molecular formula is C12H11F5N2O. The van der Waals surface area contributed by atoms with Crippen LogP contribution in [0.4, 0.5) is 27.6 Å². The van der Waals surface area contributed by atoms with Crippen molar-refractivity contribution in [2.75, 3.05) is 11.9 Å². The highest BCUT2D eigenvalue weighted by atomic mass is 19.2. The lowest BCUT2D eigenvalue weighted by Crippen LogP contribution is -2.39. The van der Waals surface area contributed by atoms with E-state index in [0.29, 0.717) is 13.0 Å². The molecule has 2 N–H and O–H groups in total. The zero-order chi connectivity index (χ0) is 15.0. The second-order valence-corrected chi connectivity index (χ2v) is 4.63. The van der Waals surface area contributed by atoms with Crippen molar-refractivity contribution >= 4 is 11.6 Å². The van der Waals surface area contributed by atoms with E-state index in [4.69, 9.17) is 0 Å². The molecule has 1 aliphatic heterocycles. The Labute approximate surface area is 111 Å². The number of hydrogen-bond acceptors (Lipinski definition) is 2. The van der Waals surface area contributed by atoms with Crippen molar-refractivity contribution in [1.82, 2.24) is 5.32 Å². The van der Waals surface area contributed by atoms with Crippen LogP contribution in [0.5, 0.6) is 0 Å². The first kappa shape index (κ1) is 14.7. The summed E-state index contributed by atoms with van der Waals surface area (Å²) in [7, 11) is 0. The average molecular weight is 294 g/mol. The van der Waals surface area contributed by atoms with Crippen molar-refractivity contribution in [2.45, 2.75) is 19.4 Å². The molecule has 8 heteroatoms. The largest absolute Gasteiger partial charge is 0.320 e. The van der Waals surface area contributed by atoms with Crippen LogP contribution in [0, 0.1) is 35.0 Å². The first-order chi connectivity index (χ1) is 9.34. The van der Waals surface area contributed by atoms with Crippen molar-refractivity contribution < 1.29 is 26.7 Å². The van der Waals surface area contributed by atoms with Crippen LogP contribution in [0.25, 0.3) is 0 Å². The number of carbonyl (C=O) groups is 1. The molecule has 0 radical (unpaired) electrons. The third kappa shape index (κ3) is 2.35. The highest BCUT2D eigenvalue weighted by molar-refractivity contribution is 5.95. The summed E-state index contributed by atoms with van der Waals surface area (Å²) in [6.07, 6.45) is 0.676. The van der Waals surface area contributed by atoms with Crippen molar-refractivity contribution in [2.24, 2.45) is 5.92 Å². The Hall–Kier alpha value is -1.70. The van der Waals surface area contributed by atoms with Gasteiger partial charge >= 0.3 is 0 Å². The number of nitrogens with one attached hydrogen (secondary N) is 2. The molecule has 2 rings (SSSR count). The molecule has 1 saturated heterocycles.